The maximum absolute atomic E-state index is 11.8. The number of carbonyl (C=O) groups is 1. The lowest BCUT2D eigenvalue weighted by atomic mass is 9.46. The minimum atomic E-state index is -0.0821. The van der Waals surface area contributed by atoms with E-state index in [0.717, 1.165) is 48.3 Å². The molecular formula is C28H47NO. The molecule has 4 rings (SSSR count). The van der Waals surface area contributed by atoms with E-state index in [9.17, 15) is 4.79 Å². The van der Waals surface area contributed by atoms with Crippen molar-refractivity contribution >= 4 is 5.91 Å². The number of amides is 1. The first-order valence-electron chi connectivity index (χ1n) is 13.2. The van der Waals surface area contributed by atoms with E-state index >= 15 is 0 Å². The lowest BCUT2D eigenvalue weighted by Crippen LogP contribution is -2.51. The third kappa shape index (κ3) is 3.69. The van der Waals surface area contributed by atoms with Gasteiger partial charge in [-0.3, -0.25) is 4.79 Å². The van der Waals surface area contributed by atoms with Crippen LogP contribution < -0.4 is 5.73 Å². The summed E-state index contributed by atoms with van der Waals surface area (Å²) in [6.07, 6.45) is 16.9. The highest BCUT2D eigenvalue weighted by atomic mass is 16.1. The number of nitrogens with two attached hydrogens (primary N) is 1. The number of hydrogen-bond donors (Lipinski definition) is 1. The monoisotopic (exact) mass is 413 g/mol. The molecule has 3 saturated carbocycles. The topological polar surface area (TPSA) is 43.1 Å². The van der Waals surface area contributed by atoms with Crippen molar-refractivity contribution in [2.24, 2.45) is 58.0 Å². The Balaban J connectivity index is 1.49. The molecule has 0 spiro atoms. The molecule has 4 aliphatic carbocycles. The van der Waals surface area contributed by atoms with Crippen LogP contribution in [0.1, 0.15) is 105 Å². The Kier molecular flexibility index (Phi) is 6.19. The normalized spacial score (nSPS) is 44.1. The van der Waals surface area contributed by atoms with Gasteiger partial charge >= 0.3 is 0 Å². The van der Waals surface area contributed by atoms with Crippen LogP contribution in [0.3, 0.4) is 0 Å². The third-order valence-corrected chi connectivity index (χ3v) is 10.7. The molecule has 170 valence electrons. The first-order chi connectivity index (χ1) is 14.2. The van der Waals surface area contributed by atoms with E-state index in [1.165, 1.54) is 57.8 Å². The molecule has 4 aliphatic rings. The maximum Gasteiger partial charge on any atom is 0.220 e. The van der Waals surface area contributed by atoms with Gasteiger partial charge in [0, 0.05) is 5.92 Å². The van der Waals surface area contributed by atoms with E-state index in [2.05, 4.69) is 40.7 Å². The Morgan fingerprint density at radius 3 is 2.53 bits per heavy atom. The average molecular weight is 414 g/mol. The van der Waals surface area contributed by atoms with Crippen molar-refractivity contribution in [1.29, 1.82) is 0 Å². The Morgan fingerprint density at radius 2 is 1.83 bits per heavy atom. The van der Waals surface area contributed by atoms with Gasteiger partial charge < -0.3 is 5.73 Å². The first-order valence-corrected chi connectivity index (χ1v) is 13.2. The highest BCUT2D eigenvalue weighted by Crippen LogP contribution is 2.67. The molecule has 0 saturated heterocycles. The van der Waals surface area contributed by atoms with Gasteiger partial charge in [-0.1, -0.05) is 65.5 Å². The summed E-state index contributed by atoms with van der Waals surface area (Å²) in [6, 6.07) is 0. The molecule has 0 aromatic carbocycles. The molecule has 0 aromatic heterocycles. The van der Waals surface area contributed by atoms with Gasteiger partial charge in [-0.25, -0.2) is 0 Å². The van der Waals surface area contributed by atoms with Gasteiger partial charge in [0.05, 0.1) is 0 Å². The van der Waals surface area contributed by atoms with Crippen LogP contribution in [-0.4, -0.2) is 5.91 Å². The minimum Gasteiger partial charge on any atom is -0.369 e. The molecule has 1 amide bonds. The Morgan fingerprint density at radius 1 is 1.07 bits per heavy atom. The molecule has 2 N–H and O–H groups in total. The predicted molar refractivity (Wildman–Crippen MR) is 126 cm³/mol. The van der Waals surface area contributed by atoms with Crippen molar-refractivity contribution in [3.8, 4) is 0 Å². The maximum atomic E-state index is 11.8. The van der Waals surface area contributed by atoms with Crippen LogP contribution in [-0.2, 0) is 4.79 Å². The summed E-state index contributed by atoms with van der Waals surface area (Å²) in [4.78, 5) is 11.8. The number of carbonyl (C=O) groups excluding carboxylic acids is 1. The second-order valence-electron chi connectivity index (χ2n) is 12.6. The van der Waals surface area contributed by atoms with E-state index in [1.54, 1.807) is 5.57 Å². The molecule has 0 bridgehead atoms. The molecule has 8 atom stereocenters. The van der Waals surface area contributed by atoms with Crippen LogP contribution in [0.2, 0.25) is 0 Å². The highest BCUT2D eigenvalue weighted by molar-refractivity contribution is 5.77. The van der Waals surface area contributed by atoms with Crippen LogP contribution >= 0.6 is 0 Å². The number of allylic oxidation sites excluding steroid dienone is 2. The van der Waals surface area contributed by atoms with Gasteiger partial charge in [-0.2, -0.15) is 0 Å². The molecule has 0 aromatic rings. The van der Waals surface area contributed by atoms with Crippen LogP contribution in [0.5, 0.6) is 0 Å². The molecular weight excluding hydrogens is 366 g/mol. The number of rotatable bonds is 6. The second kappa shape index (κ2) is 8.28. The predicted octanol–water partition coefficient (Wildman–Crippen LogP) is 7.13. The van der Waals surface area contributed by atoms with Crippen LogP contribution in [0.4, 0.5) is 0 Å². The molecule has 0 radical (unpaired) electrons. The van der Waals surface area contributed by atoms with Crippen molar-refractivity contribution < 1.29 is 4.79 Å². The largest absolute Gasteiger partial charge is 0.369 e. The molecule has 3 fully saturated rings. The second-order valence-corrected chi connectivity index (χ2v) is 12.6. The number of hydrogen-bond acceptors (Lipinski definition) is 1. The van der Waals surface area contributed by atoms with Crippen LogP contribution in [0.15, 0.2) is 11.6 Å². The average Bonchev–Trinajstić information content (AvgIpc) is 3.04. The van der Waals surface area contributed by atoms with Crippen molar-refractivity contribution in [1.82, 2.24) is 0 Å². The molecule has 0 aliphatic heterocycles. The SMILES string of the molecule is CC(C)CCC[C@@H](C)[C@H]1CC[C@H]2[C@@H]3CC=C4CC(C(N)=O)CC[C@]4(C)[C@H]3CC[C@]12C. The molecule has 0 heterocycles. The zero-order valence-electron chi connectivity index (χ0n) is 20.4. The van der Waals surface area contributed by atoms with Crippen molar-refractivity contribution in [2.45, 2.75) is 105 Å². The van der Waals surface area contributed by atoms with Crippen molar-refractivity contribution in [2.75, 3.05) is 0 Å². The fourth-order valence-corrected chi connectivity index (χ4v) is 8.93. The molecule has 30 heavy (non-hydrogen) atoms. The quantitative estimate of drug-likeness (QED) is 0.462. The molecule has 1 unspecified atom stereocenters. The summed E-state index contributed by atoms with van der Waals surface area (Å²) in [6.45, 7) is 12.5. The summed E-state index contributed by atoms with van der Waals surface area (Å²) in [5, 5.41) is 0. The summed E-state index contributed by atoms with van der Waals surface area (Å²) in [5.41, 5.74) is 8.15. The van der Waals surface area contributed by atoms with E-state index in [0.29, 0.717) is 10.8 Å². The van der Waals surface area contributed by atoms with E-state index in [-0.39, 0.29) is 11.8 Å². The Hall–Kier alpha value is -0.790. The summed E-state index contributed by atoms with van der Waals surface area (Å²) in [7, 11) is 0. The fraction of sp³-hybridized carbons (Fsp3) is 0.893. The van der Waals surface area contributed by atoms with Gasteiger partial charge in [0.15, 0.2) is 0 Å². The van der Waals surface area contributed by atoms with E-state index < -0.39 is 0 Å². The fourth-order valence-electron chi connectivity index (χ4n) is 8.93. The Bertz CT molecular complexity index is 680. The lowest BCUT2D eigenvalue weighted by molar-refractivity contribution is -0.123. The van der Waals surface area contributed by atoms with Crippen LogP contribution in [0.25, 0.3) is 0 Å². The standard InChI is InChI=1S/C28H47NO/c1-18(2)7-6-8-19(3)23-11-12-24-22-10-9-21-17-20(26(29)30)13-15-27(21,4)25(22)14-16-28(23,24)5/h9,18-20,22-25H,6-8,10-17H2,1-5H3,(H2,29,30)/t19-,20?,22+,23-,24+,25+,27+,28-/m1/s1. The van der Waals surface area contributed by atoms with Crippen molar-refractivity contribution in [3.05, 3.63) is 11.6 Å². The zero-order chi connectivity index (χ0) is 21.7. The third-order valence-electron chi connectivity index (χ3n) is 10.7. The molecule has 2 nitrogen and oxygen atoms in total. The van der Waals surface area contributed by atoms with Gasteiger partial charge in [0.25, 0.3) is 0 Å². The van der Waals surface area contributed by atoms with E-state index in [1.807, 2.05) is 0 Å². The number of fused-ring (bicyclic) bond motifs is 5. The smallest absolute Gasteiger partial charge is 0.220 e. The summed E-state index contributed by atoms with van der Waals surface area (Å²) >= 11 is 0. The number of primary amides is 1. The van der Waals surface area contributed by atoms with Crippen LogP contribution in [0, 0.1) is 52.3 Å². The van der Waals surface area contributed by atoms with Gasteiger partial charge in [0.1, 0.15) is 0 Å². The van der Waals surface area contributed by atoms with Gasteiger partial charge in [0.2, 0.25) is 5.91 Å². The lowest BCUT2D eigenvalue weighted by Gasteiger charge is -2.58. The van der Waals surface area contributed by atoms with Crippen molar-refractivity contribution in [3.63, 3.8) is 0 Å². The Labute approximate surface area is 185 Å². The highest BCUT2D eigenvalue weighted by Gasteiger charge is 2.59. The zero-order valence-corrected chi connectivity index (χ0v) is 20.4. The summed E-state index contributed by atoms with van der Waals surface area (Å²) < 4.78 is 0. The van der Waals surface area contributed by atoms with Gasteiger partial charge in [-0.15, -0.1) is 0 Å². The van der Waals surface area contributed by atoms with E-state index in [4.69, 9.17) is 5.73 Å². The van der Waals surface area contributed by atoms with Gasteiger partial charge in [-0.05, 0) is 97.7 Å². The molecule has 2 heteroatoms. The summed E-state index contributed by atoms with van der Waals surface area (Å²) in [5.74, 6) is 5.27. The minimum absolute atomic E-state index is 0.0808. The first kappa shape index (κ1) is 22.4.